The van der Waals surface area contributed by atoms with Crippen LogP contribution in [0.25, 0.3) is 11.3 Å². The maximum Gasteiger partial charge on any atom is 0.287 e. The van der Waals surface area contributed by atoms with Gasteiger partial charge in [-0.15, -0.1) is 11.8 Å². The summed E-state index contributed by atoms with van der Waals surface area (Å²) in [5, 5.41) is 3.18. The Bertz CT molecular complexity index is 734. The van der Waals surface area contributed by atoms with Crippen LogP contribution >= 0.6 is 11.8 Å². The quantitative estimate of drug-likeness (QED) is 0.864. The monoisotopic (exact) mass is 342 g/mol. The summed E-state index contributed by atoms with van der Waals surface area (Å²) in [4.78, 5) is 16.1. The van der Waals surface area contributed by atoms with Crippen molar-refractivity contribution in [3.8, 4) is 11.3 Å². The number of benzene rings is 1. The number of rotatable bonds is 4. The summed E-state index contributed by atoms with van der Waals surface area (Å²) in [5.41, 5.74) is 1.03. The molecule has 24 heavy (non-hydrogen) atoms. The van der Waals surface area contributed by atoms with Gasteiger partial charge in [0.2, 0.25) is 0 Å². The van der Waals surface area contributed by atoms with Crippen molar-refractivity contribution >= 4 is 17.7 Å². The molecule has 0 spiro atoms. The van der Waals surface area contributed by atoms with E-state index in [0.29, 0.717) is 11.7 Å². The highest BCUT2D eigenvalue weighted by Gasteiger charge is 2.35. The average molecular weight is 342 g/mol. The molecule has 126 valence electrons. The van der Waals surface area contributed by atoms with E-state index < -0.39 is 0 Å². The first-order valence-electron chi connectivity index (χ1n) is 8.51. The Kier molecular flexibility index (Phi) is 4.37. The fraction of sp³-hybridized carbons (Fsp3) is 0.421. The second-order valence-electron chi connectivity index (χ2n) is 6.58. The van der Waals surface area contributed by atoms with Crippen molar-refractivity contribution in [2.45, 2.75) is 23.8 Å². The van der Waals surface area contributed by atoms with Crippen molar-refractivity contribution in [3.05, 3.63) is 42.2 Å². The number of amides is 1. The van der Waals surface area contributed by atoms with Crippen LogP contribution in [0.15, 0.2) is 45.7 Å². The fourth-order valence-electron chi connectivity index (χ4n) is 3.82. The van der Waals surface area contributed by atoms with Gasteiger partial charge in [0, 0.05) is 23.0 Å². The van der Waals surface area contributed by atoms with Gasteiger partial charge in [0.1, 0.15) is 5.76 Å². The third-order valence-electron chi connectivity index (χ3n) is 5.17. The van der Waals surface area contributed by atoms with Crippen LogP contribution < -0.4 is 5.32 Å². The van der Waals surface area contributed by atoms with E-state index in [1.807, 2.05) is 30.5 Å². The predicted molar refractivity (Wildman–Crippen MR) is 96.3 cm³/mol. The molecular weight excluding hydrogens is 320 g/mol. The van der Waals surface area contributed by atoms with E-state index in [1.54, 1.807) is 17.8 Å². The van der Waals surface area contributed by atoms with E-state index in [-0.39, 0.29) is 11.9 Å². The maximum atomic E-state index is 12.6. The third-order valence-corrected chi connectivity index (χ3v) is 5.97. The van der Waals surface area contributed by atoms with Gasteiger partial charge < -0.3 is 14.6 Å². The highest BCUT2D eigenvalue weighted by Crippen LogP contribution is 2.32. The molecule has 0 radical (unpaired) electrons. The van der Waals surface area contributed by atoms with Crippen molar-refractivity contribution < 1.29 is 9.21 Å². The number of hydrogen-bond acceptors (Lipinski definition) is 4. The summed E-state index contributed by atoms with van der Waals surface area (Å²) in [6, 6.07) is 12.0. The number of nitrogens with one attached hydrogen (secondary N) is 1. The lowest BCUT2D eigenvalue weighted by Gasteiger charge is -2.44. The highest BCUT2D eigenvalue weighted by atomic mass is 32.2. The van der Waals surface area contributed by atoms with Gasteiger partial charge in [0.15, 0.2) is 5.76 Å². The van der Waals surface area contributed by atoms with Gasteiger partial charge in [0.05, 0.1) is 0 Å². The molecular formula is C19H22N2O2S. The van der Waals surface area contributed by atoms with Gasteiger partial charge in [-0.2, -0.15) is 0 Å². The van der Waals surface area contributed by atoms with Crippen LogP contribution in [0.1, 0.15) is 23.4 Å². The van der Waals surface area contributed by atoms with Crippen LogP contribution in [0, 0.1) is 5.92 Å². The number of nitrogens with zero attached hydrogens (tertiary/aromatic N) is 1. The zero-order chi connectivity index (χ0) is 16.5. The van der Waals surface area contributed by atoms with E-state index in [2.05, 4.69) is 16.3 Å². The molecule has 3 fully saturated rings. The zero-order valence-electron chi connectivity index (χ0n) is 13.8. The minimum absolute atomic E-state index is 0.0957. The number of carbonyl (C=O) groups excluding carboxylic acids is 1. The van der Waals surface area contributed by atoms with Crippen molar-refractivity contribution in [1.29, 1.82) is 0 Å². The van der Waals surface area contributed by atoms with Gasteiger partial charge in [0.25, 0.3) is 5.91 Å². The summed E-state index contributed by atoms with van der Waals surface area (Å²) in [5.74, 6) is 1.67. The molecule has 2 bridgehead atoms. The molecule has 1 amide bonds. The van der Waals surface area contributed by atoms with Crippen LogP contribution in [-0.4, -0.2) is 42.7 Å². The molecule has 0 saturated carbocycles. The van der Waals surface area contributed by atoms with Crippen molar-refractivity contribution in [3.63, 3.8) is 0 Å². The summed E-state index contributed by atoms with van der Waals surface area (Å²) in [6.45, 7) is 3.32. The van der Waals surface area contributed by atoms with Gasteiger partial charge in [-0.25, -0.2) is 0 Å². The molecule has 0 unspecified atom stereocenters. The zero-order valence-corrected chi connectivity index (χ0v) is 14.6. The lowest BCUT2D eigenvalue weighted by atomic mass is 9.84. The molecule has 0 aliphatic carbocycles. The number of fused-ring (bicyclic) bond motifs is 3. The molecule has 1 aromatic carbocycles. The second-order valence-corrected chi connectivity index (χ2v) is 7.43. The molecule has 5 rings (SSSR count). The fourth-order valence-corrected chi connectivity index (χ4v) is 4.42. The molecule has 5 heteroatoms. The van der Waals surface area contributed by atoms with Gasteiger partial charge >= 0.3 is 0 Å². The number of furan rings is 1. The van der Waals surface area contributed by atoms with Crippen LogP contribution in [0.2, 0.25) is 0 Å². The highest BCUT2D eigenvalue weighted by molar-refractivity contribution is 7.98. The van der Waals surface area contributed by atoms with E-state index >= 15 is 0 Å². The Morgan fingerprint density at radius 1 is 1.21 bits per heavy atom. The van der Waals surface area contributed by atoms with Crippen molar-refractivity contribution in [1.82, 2.24) is 10.2 Å². The molecule has 1 atom stereocenters. The lowest BCUT2D eigenvalue weighted by Crippen LogP contribution is -2.57. The minimum atomic E-state index is -0.0957. The molecule has 1 aromatic heterocycles. The molecule has 2 aromatic rings. The van der Waals surface area contributed by atoms with Crippen LogP contribution in [-0.2, 0) is 0 Å². The Labute approximate surface area is 146 Å². The lowest BCUT2D eigenvalue weighted by molar-refractivity contribution is 0.0606. The first-order valence-corrected chi connectivity index (χ1v) is 9.73. The van der Waals surface area contributed by atoms with E-state index in [9.17, 15) is 4.79 Å². The molecule has 3 saturated heterocycles. The van der Waals surface area contributed by atoms with Gasteiger partial charge in [-0.05, 0) is 56.3 Å². The van der Waals surface area contributed by atoms with E-state index in [0.717, 1.165) is 22.8 Å². The Hall–Kier alpha value is -1.72. The molecule has 1 N–H and O–H groups in total. The largest absolute Gasteiger partial charge is 0.451 e. The summed E-state index contributed by atoms with van der Waals surface area (Å²) < 4.78 is 5.86. The van der Waals surface area contributed by atoms with E-state index in [1.165, 1.54) is 25.9 Å². The summed E-state index contributed by atoms with van der Waals surface area (Å²) >= 11 is 1.68. The molecule has 3 aliphatic rings. The van der Waals surface area contributed by atoms with E-state index in [4.69, 9.17) is 4.42 Å². The number of thioether (sulfide) groups is 1. The Morgan fingerprint density at radius 3 is 2.71 bits per heavy atom. The predicted octanol–water partition coefficient (Wildman–Crippen LogP) is 3.49. The third kappa shape index (κ3) is 2.98. The maximum absolute atomic E-state index is 12.6. The minimum Gasteiger partial charge on any atom is -0.451 e. The smallest absolute Gasteiger partial charge is 0.287 e. The van der Waals surface area contributed by atoms with Gasteiger partial charge in [-0.3, -0.25) is 4.79 Å². The molecule has 4 nitrogen and oxygen atoms in total. The first-order chi connectivity index (χ1) is 11.7. The number of piperidine rings is 3. The van der Waals surface area contributed by atoms with Crippen LogP contribution in [0.4, 0.5) is 0 Å². The number of carbonyl (C=O) groups is 1. The standard InChI is InChI=1S/C19H22N2O2S/c1-24-18-5-3-2-4-14(18)16-6-7-17(23-16)19(22)20-15-12-21-10-8-13(15)9-11-21/h2-7,13,15H,8-12H2,1H3,(H,20,22)/t15-/m0/s1. The first kappa shape index (κ1) is 15.8. The summed E-state index contributed by atoms with van der Waals surface area (Å²) in [6.07, 6.45) is 4.42. The van der Waals surface area contributed by atoms with Crippen LogP contribution in [0.5, 0.6) is 0 Å². The normalized spacial score (nSPS) is 25.6. The molecule has 3 aliphatic heterocycles. The van der Waals surface area contributed by atoms with Crippen molar-refractivity contribution in [2.24, 2.45) is 5.92 Å². The molecule has 4 heterocycles. The Balaban J connectivity index is 1.49. The Morgan fingerprint density at radius 2 is 2.00 bits per heavy atom. The average Bonchev–Trinajstić information content (AvgIpc) is 3.13. The van der Waals surface area contributed by atoms with Crippen LogP contribution in [0.3, 0.4) is 0 Å². The topological polar surface area (TPSA) is 45.5 Å². The SMILES string of the molecule is CSc1ccccc1-c1ccc(C(=O)N[C@H]2CN3CCC2CC3)o1. The second kappa shape index (κ2) is 6.65. The van der Waals surface area contributed by atoms with Gasteiger partial charge in [-0.1, -0.05) is 18.2 Å². The number of hydrogen-bond donors (Lipinski definition) is 1. The van der Waals surface area contributed by atoms with Crippen molar-refractivity contribution in [2.75, 3.05) is 25.9 Å². The summed E-state index contributed by atoms with van der Waals surface area (Å²) in [7, 11) is 0.